The Kier molecular flexibility index (Phi) is 4.34. The minimum Gasteiger partial charge on any atom is -0.388 e. The second-order valence-electron chi connectivity index (χ2n) is 4.03. The lowest BCUT2D eigenvalue weighted by molar-refractivity contribution is 0.102. The summed E-state index contributed by atoms with van der Waals surface area (Å²) in [6.45, 7) is 0. The van der Waals surface area contributed by atoms with Crippen molar-refractivity contribution >= 4 is 33.2 Å². The van der Waals surface area contributed by atoms with Crippen LogP contribution in [-0.4, -0.2) is 13.0 Å². The third-order valence-corrected chi connectivity index (χ3v) is 3.14. The van der Waals surface area contributed by atoms with Crippen LogP contribution in [0.1, 0.15) is 10.4 Å². The Morgan fingerprint density at radius 2 is 1.65 bits per heavy atom. The van der Waals surface area contributed by atoms with Crippen molar-refractivity contribution in [3.63, 3.8) is 0 Å². The molecule has 2 aromatic carbocycles. The Bertz CT molecular complexity index is 621. The van der Waals surface area contributed by atoms with Crippen LogP contribution in [0.4, 0.5) is 20.2 Å². The molecule has 0 aliphatic heterocycles. The molecule has 2 rings (SSSR count). The van der Waals surface area contributed by atoms with Crippen molar-refractivity contribution in [1.82, 2.24) is 0 Å². The first-order valence-electron chi connectivity index (χ1n) is 5.75. The highest BCUT2D eigenvalue weighted by Gasteiger charge is 2.14. The molecule has 0 saturated heterocycles. The van der Waals surface area contributed by atoms with Gasteiger partial charge in [-0.2, -0.15) is 0 Å². The number of halogens is 3. The quantitative estimate of drug-likeness (QED) is 0.885. The molecule has 0 heterocycles. The molecule has 0 spiro atoms. The summed E-state index contributed by atoms with van der Waals surface area (Å²) < 4.78 is 27.5. The molecule has 6 heteroatoms. The summed E-state index contributed by atoms with van der Waals surface area (Å²) in [5.41, 5.74) is 0.684. The van der Waals surface area contributed by atoms with Crippen LogP contribution in [-0.2, 0) is 0 Å². The number of benzene rings is 2. The standard InChI is InChI=1S/C14H11BrF2N2O/c1-18-10-4-2-8(3-5-10)14(20)19-13-11(16)6-9(15)7-12(13)17/h2-7,18H,1H3,(H,19,20). The Morgan fingerprint density at radius 3 is 2.15 bits per heavy atom. The summed E-state index contributed by atoms with van der Waals surface area (Å²) in [6, 6.07) is 8.70. The van der Waals surface area contributed by atoms with Crippen molar-refractivity contribution in [2.75, 3.05) is 17.7 Å². The van der Waals surface area contributed by atoms with Crippen molar-refractivity contribution in [3.8, 4) is 0 Å². The summed E-state index contributed by atoms with van der Waals surface area (Å²) in [5, 5.41) is 5.14. The summed E-state index contributed by atoms with van der Waals surface area (Å²) in [5.74, 6) is -2.25. The van der Waals surface area contributed by atoms with E-state index in [1.165, 1.54) is 0 Å². The van der Waals surface area contributed by atoms with Gasteiger partial charge in [0.15, 0.2) is 11.6 Å². The SMILES string of the molecule is CNc1ccc(C(=O)Nc2c(F)cc(Br)cc2F)cc1. The van der Waals surface area contributed by atoms with Gasteiger partial charge in [-0.15, -0.1) is 0 Å². The molecule has 0 atom stereocenters. The van der Waals surface area contributed by atoms with E-state index in [0.717, 1.165) is 17.8 Å². The van der Waals surface area contributed by atoms with E-state index in [-0.39, 0.29) is 4.47 Å². The molecule has 0 aliphatic carbocycles. The van der Waals surface area contributed by atoms with E-state index in [2.05, 4.69) is 26.6 Å². The van der Waals surface area contributed by atoms with E-state index in [1.807, 2.05) is 0 Å². The number of anilines is 2. The molecule has 1 amide bonds. The fraction of sp³-hybridized carbons (Fsp3) is 0.0714. The first kappa shape index (κ1) is 14.5. The van der Waals surface area contributed by atoms with E-state index < -0.39 is 23.2 Å². The van der Waals surface area contributed by atoms with E-state index in [9.17, 15) is 13.6 Å². The zero-order valence-corrected chi connectivity index (χ0v) is 12.1. The number of rotatable bonds is 3. The van der Waals surface area contributed by atoms with Crippen molar-refractivity contribution in [1.29, 1.82) is 0 Å². The van der Waals surface area contributed by atoms with Crippen molar-refractivity contribution < 1.29 is 13.6 Å². The van der Waals surface area contributed by atoms with Gasteiger partial charge in [0, 0.05) is 22.8 Å². The number of carbonyl (C=O) groups is 1. The Labute approximate surface area is 123 Å². The predicted octanol–water partition coefficient (Wildman–Crippen LogP) is 4.02. The third kappa shape index (κ3) is 3.14. The minimum atomic E-state index is -0.836. The molecular formula is C14H11BrF2N2O. The molecule has 0 fully saturated rings. The van der Waals surface area contributed by atoms with Crippen LogP contribution >= 0.6 is 15.9 Å². The van der Waals surface area contributed by atoms with Gasteiger partial charge in [-0.05, 0) is 36.4 Å². The van der Waals surface area contributed by atoms with E-state index >= 15 is 0 Å². The molecule has 2 aromatic rings. The van der Waals surface area contributed by atoms with Gasteiger partial charge < -0.3 is 10.6 Å². The van der Waals surface area contributed by atoms with Gasteiger partial charge >= 0.3 is 0 Å². The average Bonchev–Trinajstić information content (AvgIpc) is 2.42. The maximum atomic E-state index is 13.6. The van der Waals surface area contributed by atoms with E-state index in [4.69, 9.17) is 0 Å². The monoisotopic (exact) mass is 340 g/mol. The second-order valence-corrected chi connectivity index (χ2v) is 4.94. The molecule has 104 valence electrons. The lowest BCUT2D eigenvalue weighted by Crippen LogP contribution is -2.14. The molecule has 3 nitrogen and oxygen atoms in total. The largest absolute Gasteiger partial charge is 0.388 e. The minimum absolute atomic E-state index is 0.267. The van der Waals surface area contributed by atoms with E-state index in [0.29, 0.717) is 5.56 Å². The first-order chi connectivity index (χ1) is 9.51. The number of carbonyl (C=O) groups excluding carboxylic acids is 1. The van der Waals surface area contributed by atoms with Crippen LogP contribution < -0.4 is 10.6 Å². The zero-order valence-electron chi connectivity index (χ0n) is 10.5. The topological polar surface area (TPSA) is 41.1 Å². The number of nitrogens with one attached hydrogen (secondary N) is 2. The molecule has 0 unspecified atom stereocenters. The Hall–Kier alpha value is -1.95. The molecule has 20 heavy (non-hydrogen) atoms. The average molecular weight is 341 g/mol. The van der Waals surface area contributed by atoms with Crippen molar-refractivity contribution in [2.24, 2.45) is 0 Å². The molecule has 0 aromatic heterocycles. The molecule has 2 N–H and O–H groups in total. The highest BCUT2D eigenvalue weighted by Crippen LogP contribution is 2.24. The molecule has 0 radical (unpaired) electrons. The number of hydrogen-bond donors (Lipinski definition) is 2. The highest BCUT2D eigenvalue weighted by molar-refractivity contribution is 9.10. The van der Waals surface area contributed by atoms with Crippen LogP contribution in [0.15, 0.2) is 40.9 Å². The Morgan fingerprint density at radius 1 is 1.10 bits per heavy atom. The predicted molar refractivity (Wildman–Crippen MR) is 78.0 cm³/mol. The first-order valence-corrected chi connectivity index (χ1v) is 6.54. The second kappa shape index (κ2) is 6.00. The van der Waals surface area contributed by atoms with Crippen LogP contribution in [0.25, 0.3) is 0 Å². The third-order valence-electron chi connectivity index (χ3n) is 2.68. The summed E-state index contributed by atoms with van der Waals surface area (Å²) in [4.78, 5) is 11.9. The molecule has 0 bridgehead atoms. The van der Waals surface area contributed by atoms with Crippen molar-refractivity contribution in [3.05, 3.63) is 58.1 Å². The normalized spacial score (nSPS) is 10.2. The summed E-state index contributed by atoms with van der Waals surface area (Å²) >= 11 is 2.97. The van der Waals surface area contributed by atoms with Crippen LogP contribution in [0, 0.1) is 11.6 Å². The lowest BCUT2D eigenvalue weighted by Gasteiger charge is -2.08. The van der Waals surface area contributed by atoms with Gasteiger partial charge in [-0.25, -0.2) is 8.78 Å². The molecular weight excluding hydrogens is 330 g/mol. The van der Waals surface area contributed by atoms with Crippen molar-refractivity contribution in [2.45, 2.75) is 0 Å². The fourth-order valence-corrected chi connectivity index (χ4v) is 2.04. The summed E-state index contributed by atoms with van der Waals surface area (Å²) in [6.07, 6.45) is 0. The Balaban J connectivity index is 2.23. The smallest absolute Gasteiger partial charge is 0.255 e. The van der Waals surface area contributed by atoms with Gasteiger partial charge in [-0.3, -0.25) is 4.79 Å². The van der Waals surface area contributed by atoms with Gasteiger partial charge in [0.1, 0.15) is 5.69 Å². The van der Waals surface area contributed by atoms with Crippen LogP contribution in [0.2, 0.25) is 0 Å². The molecule has 0 aliphatic rings. The highest BCUT2D eigenvalue weighted by atomic mass is 79.9. The number of amides is 1. The maximum Gasteiger partial charge on any atom is 0.255 e. The number of hydrogen-bond acceptors (Lipinski definition) is 2. The van der Waals surface area contributed by atoms with Gasteiger partial charge in [0.05, 0.1) is 0 Å². The zero-order chi connectivity index (χ0) is 14.7. The van der Waals surface area contributed by atoms with Crippen LogP contribution in [0.3, 0.4) is 0 Å². The summed E-state index contributed by atoms with van der Waals surface area (Å²) in [7, 11) is 1.75. The van der Waals surface area contributed by atoms with Gasteiger partial charge in [-0.1, -0.05) is 15.9 Å². The van der Waals surface area contributed by atoms with Gasteiger partial charge in [0.2, 0.25) is 0 Å². The van der Waals surface area contributed by atoms with E-state index in [1.54, 1.807) is 31.3 Å². The van der Waals surface area contributed by atoms with Gasteiger partial charge in [0.25, 0.3) is 5.91 Å². The lowest BCUT2D eigenvalue weighted by atomic mass is 10.2. The van der Waals surface area contributed by atoms with Crippen LogP contribution in [0.5, 0.6) is 0 Å². The fourth-order valence-electron chi connectivity index (χ4n) is 1.64. The maximum absolute atomic E-state index is 13.6. The molecule has 0 saturated carbocycles.